The van der Waals surface area contributed by atoms with Gasteiger partial charge in [0.1, 0.15) is 5.75 Å². The Bertz CT molecular complexity index is 151. The van der Waals surface area contributed by atoms with Crippen molar-refractivity contribution in [3.8, 4) is 5.75 Å². The van der Waals surface area contributed by atoms with Crippen LogP contribution < -0.4 is 0 Å². The van der Waals surface area contributed by atoms with E-state index < -0.39 is 0 Å². The van der Waals surface area contributed by atoms with Crippen molar-refractivity contribution >= 4 is 37.7 Å². The average molecular weight is 200 g/mol. The van der Waals surface area contributed by atoms with Gasteiger partial charge < -0.3 is 7.96 Å². The minimum atomic E-state index is 0. The van der Waals surface area contributed by atoms with Crippen LogP contribution in [-0.4, -0.2) is 42.8 Å². The SMILES string of the molecule is Oc1ccccc1.[Ca+2].[Cu].[H-].[H-]. The van der Waals surface area contributed by atoms with E-state index >= 15 is 0 Å². The number of para-hydroxylation sites is 1. The van der Waals surface area contributed by atoms with Crippen molar-refractivity contribution in [2.24, 2.45) is 0 Å². The van der Waals surface area contributed by atoms with E-state index in [2.05, 4.69) is 0 Å². The van der Waals surface area contributed by atoms with Crippen molar-refractivity contribution in [1.29, 1.82) is 0 Å². The van der Waals surface area contributed by atoms with Gasteiger partial charge in [0.2, 0.25) is 0 Å². The van der Waals surface area contributed by atoms with Gasteiger partial charge in [0, 0.05) is 17.1 Å². The first-order chi connectivity index (χ1) is 3.39. The molecule has 3 heteroatoms. The van der Waals surface area contributed by atoms with Crippen LogP contribution in [0.3, 0.4) is 0 Å². The summed E-state index contributed by atoms with van der Waals surface area (Å²) in [5.74, 6) is 0.322. The maximum absolute atomic E-state index is 8.63. The minimum Gasteiger partial charge on any atom is -1.00 e. The van der Waals surface area contributed by atoms with Crippen molar-refractivity contribution in [3.63, 3.8) is 0 Å². The Morgan fingerprint density at radius 2 is 1.56 bits per heavy atom. The molecule has 0 heterocycles. The van der Waals surface area contributed by atoms with Gasteiger partial charge in [0.25, 0.3) is 0 Å². The van der Waals surface area contributed by atoms with E-state index in [0.29, 0.717) is 5.75 Å². The van der Waals surface area contributed by atoms with E-state index in [0.717, 1.165) is 0 Å². The molecule has 0 spiro atoms. The van der Waals surface area contributed by atoms with E-state index in [1.54, 1.807) is 24.3 Å². The molecule has 0 amide bonds. The zero-order valence-corrected chi connectivity index (χ0v) is 7.99. The van der Waals surface area contributed by atoms with Crippen LogP contribution in [0.1, 0.15) is 2.85 Å². The molecule has 0 aromatic heterocycles. The second-order valence-electron chi connectivity index (χ2n) is 1.34. The Hall–Kier alpha value is 0.799. The first-order valence-corrected chi connectivity index (χ1v) is 2.13. The van der Waals surface area contributed by atoms with E-state index in [4.69, 9.17) is 5.11 Å². The summed E-state index contributed by atoms with van der Waals surface area (Å²) >= 11 is 0. The second-order valence-corrected chi connectivity index (χ2v) is 1.34. The van der Waals surface area contributed by atoms with Crippen molar-refractivity contribution in [2.45, 2.75) is 0 Å². The average Bonchev–Trinajstić information content (AvgIpc) is 1.69. The normalized spacial score (nSPS) is 6.67. The molecule has 0 aliphatic rings. The number of aromatic hydroxyl groups is 1. The Kier molecular flexibility index (Phi) is 9.58. The molecule has 1 nitrogen and oxygen atoms in total. The summed E-state index contributed by atoms with van der Waals surface area (Å²) in [6.07, 6.45) is 0. The van der Waals surface area contributed by atoms with Crippen LogP contribution in [0.15, 0.2) is 30.3 Å². The van der Waals surface area contributed by atoms with Crippen LogP contribution in [0.5, 0.6) is 5.75 Å². The first-order valence-electron chi connectivity index (χ1n) is 2.13. The molecule has 0 saturated heterocycles. The van der Waals surface area contributed by atoms with Gasteiger partial charge in [-0.3, -0.25) is 0 Å². The van der Waals surface area contributed by atoms with Crippen LogP contribution >= 0.6 is 0 Å². The number of rotatable bonds is 0. The Balaban J connectivity index is -0.0000000612. The predicted molar refractivity (Wildman–Crippen MR) is 36.1 cm³/mol. The molecule has 0 unspecified atom stereocenters. The third kappa shape index (κ3) is 5.25. The third-order valence-corrected chi connectivity index (χ3v) is 0.756. The Morgan fingerprint density at radius 1 is 1.11 bits per heavy atom. The van der Waals surface area contributed by atoms with E-state index in [9.17, 15) is 0 Å². The fourth-order valence-electron chi connectivity index (χ4n) is 0.428. The molecule has 1 radical (unpaired) electrons. The number of benzene rings is 1. The maximum Gasteiger partial charge on any atom is 2.00 e. The molecule has 0 saturated carbocycles. The topological polar surface area (TPSA) is 20.2 Å². The van der Waals surface area contributed by atoms with Gasteiger partial charge in [-0.25, -0.2) is 0 Å². The van der Waals surface area contributed by atoms with Crippen LogP contribution in [-0.2, 0) is 17.1 Å². The second kappa shape index (κ2) is 6.91. The molecule has 1 rings (SSSR count). The molecular formula is C6H8CaCuO. The fourth-order valence-corrected chi connectivity index (χ4v) is 0.428. The summed E-state index contributed by atoms with van der Waals surface area (Å²) < 4.78 is 0. The van der Waals surface area contributed by atoms with Gasteiger partial charge in [-0.05, 0) is 12.1 Å². The summed E-state index contributed by atoms with van der Waals surface area (Å²) in [4.78, 5) is 0. The van der Waals surface area contributed by atoms with Crippen LogP contribution in [0.25, 0.3) is 0 Å². The Labute approximate surface area is 97.9 Å². The summed E-state index contributed by atoms with van der Waals surface area (Å²) in [5, 5.41) is 8.63. The van der Waals surface area contributed by atoms with Crippen molar-refractivity contribution < 1.29 is 25.0 Å². The van der Waals surface area contributed by atoms with E-state index in [1.807, 2.05) is 6.07 Å². The van der Waals surface area contributed by atoms with Crippen LogP contribution in [0, 0.1) is 0 Å². The van der Waals surface area contributed by atoms with Crippen LogP contribution in [0.4, 0.5) is 0 Å². The Morgan fingerprint density at radius 3 is 1.78 bits per heavy atom. The quantitative estimate of drug-likeness (QED) is 0.624. The van der Waals surface area contributed by atoms with Crippen molar-refractivity contribution in [3.05, 3.63) is 30.3 Å². The number of hydrogen-bond donors (Lipinski definition) is 1. The molecule has 1 aromatic rings. The monoisotopic (exact) mass is 199 g/mol. The minimum absolute atomic E-state index is 0. The zero-order valence-electron chi connectivity index (χ0n) is 6.84. The van der Waals surface area contributed by atoms with Gasteiger partial charge >= 0.3 is 37.7 Å². The first kappa shape index (κ1) is 12.5. The predicted octanol–water partition coefficient (Wildman–Crippen LogP) is 1.23. The molecule has 0 aliphatic carbocycles. The van der Waals surface area contributed by atoms with Crippen LogP contribution in [0.2, 0.25) is 0 Å². The smallest absolute Gasteiger partial charge is 1.00 e. The summed E-state index contributed by atoms with van der Waals surface area (Å²) in [6, 6.07) is 8.71. The van der Waals surface area contributed by atoms with Crippen molar-refractivity contribution in [1.82, 2.24) is 0 Å². The molecule has 1 N–H and O–H groups in total. The van der Waals surface area contributed by atoms with E-state index in [-0.39, 0.29) is 57.7 Å². The molecule has 0 fully saturated rings. The molecular weight excluding hydrogens is 192 g/mol. The van der Waals surface area contributed by atoms with Crippen molar-refractivity contribution in [2.75, 3.05) is 0 Å². The molecule has 51 valence electrons. The third-order valence-electron chi connectivity index (χ3n) is 0.756. The number of phenolic OH excluding ortho intramolecular Hbond substituents is 1. The largest absolute Gasteiger partial charge is 2.00 e. The van der Waals surface area contributed by atoms with Gasteiger partial charge in [-0.15, -0.1) is 0 Å². The molecule has 0 aliphatic heterocycles. The number of hydrogen-bond acceptors (Lipinski definition) is 1. The maximum atomic E-state index is 8.63. The molecule has 9 heavy (non-hydrogen) atoms. The van der Waals surface area contributed by atoms with E-state index in [1.165, 1.54) is 0 Å². The number of phenols is 1. The van der Waals surface area contributed by atoms with Gasteiger partial charge in [-0.2, -0.15) is 0 Å². The zero-order chi connectivity index (χ0) is 5.11. The molecule has 1 aromatic carbocycles. The van der Waals surface area contributed by atoms with Gasteiger partial charge in [0.15, 0.2) is 0 Å². The van der Waals surface area contributed by atoms with Gasteiger partial charge in [0.05, 0.1) is 0 Å². The van der Waals surface area contributed by atoms with Gasteiger partial charge in [-0.1, -0.05) is 18.2 Å². The molecule has 0 atom stereocenters. The standard InChI is InChI=1S/C6H6O.Ca.Cu.2H/c7-6-4-2-1-3-5-6;;;;/h1-5,7H;;;;/q;+2;;2*-1. The molecule has 0 bridgehead atoms. The summed E-state index contributed by atoms with van der Waals surface area (Å²) in [7, 11) is 0. The summed E-state index contributed by atoms with van der Waals surface area (Å²) in [5.41, 5.74) is 0. The summed E-state index contributed by atoms with van der Waals surface area (Å²) in [6.45, 7) is 0. The fraction of sp³-hybridized carbons (Fsp3) is 0.